The van der Waals surface area contributed by atoms with Crippen molar-refractivity contribution in [1.82, 2.24) is 0 Å². The van der Waals surface area contributed by atoms with Crippen molar-refractivity contribution in [1.29, 1.82) is 0 Å². The van der Waals surface area contributed by atoms with Crippen LogP contribution in [-0.2, 0) is 43.7 Å². The van der Waals surface area contributed by atoms with Crippen LogP contribution in [0.25, 0.3) is 0 Å². The van der Waals surface area contributed by atoms with Gasteiger partial charge in [0, 0.05) is 0 Å². The van der Waals surface area contributed by atoms with Crippen LogP contribution in [-0.4, -0.2) is 57.2 Å². The minimum atomic E-state index is -5.06. The molecule has 4 aliphatic rings. The molecule has 15 heteroatoms. The highest BCUT2D eigenvalue weighted by atomic mass is 32.3. The van der Waals surface area contributed by atoms with Gasteiger partial charge in [-0.3, -0.25) is 13.7 Å². The van der Waals surface area contributed by atoms with E-state index in [4.69, 9.17) is 12.5 Å². The number of fused-ring (bicyclic) bond motifs is 5. The van der Waals surface area contributed by atoms with Crippen molar-refractivity contribution in [2.45, 2.75) is 125 Å². The summed E-state index contributed by atoms with van der Waals surface area (Å²) in [6, 6.07) is 0. The Morgan fingerprint density at radius 1 is 0.705 bits per heavy atom. The maximum Gasteiger partial charge on any atom is 0.397 e. The first-order valence-electron chi connectivity index (χ1n) is 15.8. The van der Waals surface area contributed by atoms with Gasteiger partial charge in [0.25, 0.3) is 0 Å². The molecule has 0 saturated heterocycles. The molecular weight excluding hydrogens is 637 g/mol. The van der Waals surface area contributed by atoms with Crippen LogP contribution >= 0.6 is 0 Å². The quantitative estimate of drug-likeness (QED) is 0.244. The fraction of sp³-hybridized carbons (Fsp3) is 1.00. The van der Waals surface area contributed by atoms with E-state index in [9.17, 15) is 38.9 Å². The van der Waals surface area contributed by atoms with E-state index >= 15 is 0 Å². The maximum atomic E-state index is 12.1. The Morgan fingerprint density at radius 2 is 1.23 bits per heavy atom. The predicted molar refractivity (Wildman–Crippen MR) is 162 cm³/mol. The first-order valence-corrected chi connectivity index (χ1v) is 19.9. The average Bonchev–Trinajstić information content (AvgIpc) is 3.17. The first kappa shape index (κ1) is 36.4. The van der Waals surface area contributed by atoms with Crippen LogP contribution < -0.4 is 0 Å². The molecule has 0 aromatic carbocycles. The van der Waals surface area contributed by atoms with Crippen molar-refractivity contribution < 1.29 is 51.5 Å². The van der Waals surface area contributed by atoms with Gasteiger partial charge in [-0.15, -0.1) is 0 Å². The molecule has 4 fully saturated rings. The van der Waals surface area contributed by atoms with Crippen LogP contribution in [0.5, 0.6) is 0 Å². The molecule has 12 atom stereocenters. The molecule has 0 radical (unpaired) electrons. The highest BCUT2D eigenvalue weighted by Gasteiger charge is 2.65. The van der Waals surface area contributed by atoms with Gasteiger partial charge in [0.1, 0.15) is 12.2 Å². The van der Waals surface area contributed by atoms with E-state index < -0.39 is 60.8 Å². The van der Waals surface area contributed by atoms with Crippen molar-refractivity contribution in [2.24, 2.45) is 57.7 Å². The van der Waals surface area contributed by atoms with Crippen molar-refractivity contribution in [3.8, 4) is 0 Å². The molecule has 44 heavy (non-hydrogen) atoms. The Kier molecular flexibility index (Phi) is 10.1. The van der Waals surface area contributed by atoms with Gasteiger partial charge < -0.3 is 0 Å². The lowest BCUT2D eigenvalue weighted by Gasteiger charge is -2.63. The molecule has 3 N–H and O–H groups in total. The van der Waals surface area contributed by atoms with Crippen molar-refractivity contribution >= 4 is 31.2 Å². The molecule has 0 amide bonds. The van der Waals surface area contributed by atoms with E-state index in [1.165, 1.54) is 0 Å². The molecular formula is C29H52O12S3. The summed E-state index contributed by atoms with van der Waals surface area (Å²) >= 11 is 0. The lowest BCUT2D eigenvalue weighted by molar-refractivity contribution is -0.184. The summed E-state index contributed by atoms with van der Waals surface area (Å²) < 4.78 is 115. The fourth-order valence-electron chi connectivity index (χ4n) is 10.2. The lowest BCUT2D eigenvalue weighted by atomic mass is 9.43. The Morgan fingerprint density at radius 3 is 1.77 bits per heavy atom. The summed E-state index contributed by atoms with van der Waals surface area (Å²) in [5.74, 6) is 1.12. The van der Waals surface area contributed by atoms with Crippen LogP contribution in [0.15, 0.2) is 0 Å². The zero-order valence-corrected chi connectivity index (χ0v) is 29.3. The molecule has 0 spiro atoms. The SMILES string of the molecule is C[C@H](CC[C@@H](C)C(C)(C)C)[C@H]1CC[C@H]2[C@@H]3C[C@H](OS(=O)(=O)O)[C@H]4C[C@H](OS(=O)(=O)O)[C@@H](OS(=O)(=O)O)C[C@]4(C)[C@H]3CC[C@]12C. The van der Waals surface area contributed by atoms with Crippen LogP contribution in [0.4, 0.5) is 0 Å². The third kappa shape index (κ3) is 7.83. The molecule has 0 unspecified atom stereocenters. The normalized spacial score (nSPS) is 41.3. The van der Waals surface area contributed by atoms with E-state index in [0.29, 0.717) is 24.2 Å². The molecule has 0 bridgehead atoms. The molecule has 4 rings (SSSR count). The summed E-state index contributed by atoms with van der Waals surface area (Å²) in [6.07, 6.45) is 1.92. The summed E-state index contributed by atoms with van der Waals surface area (Å²) in [6.45, 7) is 15.7. The van der Waals surface area contributed by atoms with Crippen molar-refractivity contribution in [3.05, 3.63) is 0 Å². The van der Waals surface area contributed by atoms with Gasteiger partial charge in [-0.05, 0) is 109 Å². The third-order valence-electron chi connectivity index (χ3n) is 12.7. The van der Waals surface area contributed by atoms with Gasteiger partial charge in [0.2, 0.25) is 0 Å². The summed E-state index contributed by atoms with van der Waals surface area (Å²) in [4.78, 5) is 0. The molecule has 0 aromatic heterocycles. The van der Waals surface area contributed by atoms with Crippen LogP contribution in [0.1, 0.15) is 106 Å². The standard InChI is InChI=1S/C29H52O12S3/c1-17(8-9-18(2)27(3,4)5)20-10-11-21-19-14-24(39-42(30,31)32)23-15-25(40-43(33,34)35)26(41-44(36,37)38)16-29(23,7)22(19)12-13-28(20,21)6/h17-26H,8-16H2,1-7H3,(H,30,31,32)(H,33,34,35)(H,36,37,38)/t17-,18-,19+,20-,21+,22+,23-,24+,25+,26+,28-,29-/m1/s1. The highest BCUT2D eigenvalue weighted by molar-refractivity contribution is 7.81. The van der Waals surface area contributed by atoms with Gasteiger partial charge in [-0.2, -0.15) is 25.3 Å². The number of hydrogen-bond donors (Lipinski definition) is 3. The lowest BCUT2D eigenvalue weighted by Crippen LogP contribution is -2.62. The highest BCUT2D eigenvalue weighted by Crippen LogP contribution is 2.69. The van der Waals surface area contributed by atoms with Gasteiger partial charge in [-0.25, -0.2) is 12.5 Å². The van der Waals surface area contributed by atoms with Crippen LogP contribution in [0.3, 0.4) is 0 Å². The third-order valence-corrected chi connectivity index (χ3v) is 14.1. The number of rotatable bonds is 10. The average molecular weight is 689 g/mol. The minimum absolute atomic E-state index is 0.00197. The van der Waals surface area contributed by atoms with Crippen LogP contribution in [0, 0.1) is 57.7 Å². The second-order valence-electron chi connectivity index (χ2n) is 15.9. The molecule has 0 aromatic rings. The maximum absolute atomic E-state index is 12.1. The topological polar surface area (TPSA) is 191 Å². The van der Waals surface area contributed by atoms with Crippen molar-refractivity contribution in [3.63, 3.8) is 0 Å². The zero-order valence-electron chi connectivity index (χ0n) is 26.9. The zero-order chi connectivity index (χ0) is 33.3. The van der Waals surface area contributed by atoms with E-state index in [0.717, 1.165) is 38.5 Å². The Labute approximate surface area is 264 Å². The Hall–Kier alpha value is -0.390. The fourth-order valence-corrected chi connectivity index (χ4v) is 11.7. The second-order valence-corrected chi connectivity index (χ2v) is 19.0. The summed E-state index contributed by atoms with van der Waals surface area (Å²) in [7, 11) is -15.0. The Bertz CT molecular complexity index is 1370. The predicted octanol–water partition coefficient (Wildman–Crippen LogP) is 5.53. The monoisotopic (exact) mass is 688 g/mol. The van der Waals surface area contributed by atoms with E-state index in [1.54, 1.807) is 0 Å². The Balaban J connectivity index is 1.66. The molecule has 0 aliphatic heterocycles. The van der Waals surface area contributed by atoms with Gasteiger partial charge in [0.15, 0.2) is 0 Å². The van der Waals surface area contributed by atoms with E-state index in [-0.39, 0.29) is 41.4 Å². The largest absolute Gasteiger partial charge is 0.397 e. The minimum Gasteiger partial charge on any atom is -0.264 e. The van der Waals surface area contributed by atoms with Gasteiger partial charge in [-0.1, -0.05) is 54.9 Å². The smallest absolute Gasteiger partial charge is 0.264 e. The molecule has 258 valence electrons. The summed E-state index contributed by atoms with van der Waals surface area (Å²) in [5, 5.41) is 0. The summed E-state index contributed by atoms with van der Waals surface area (Å²) in [5.41, 5.74) is -0.578. The first-order chi connectivity index (χ1) is 19.8. The molecule has 4 saturated carbocycles. The second kappa shape index (κ2) is 12.2. The van der Waals surface area contributed by atoms with E-state index in [1.807, 2.05) is 6.92 Å². The molecule has 4 aliphatic carbocycles. The van der Waals surface area contributed by atoms with Gasteiger partial charge in [0.05, 0.1) is 6.10 Å². The van der Waals surface area contributed by atoms with Crippen molar-refractivity contribution in [2.75, 3.05) is 0 Å². The van der Waals surface area contributed by atoms with Crippen LogP contribution in [0.2, 0.25) is 0 Å². The van der Waals surface area contributed by atoms with Gasteiger partial charge >= 0.3 is 31.2 Å². The molecule has 0 heterocycles. The van der Waals surface area contributed by atoms with E-state index in [2.05, 4.69) is 41.5 Å². The number of hydrogen-bond acceptors (Lipinski definition) is 9. The molecule has 12 nitrogen and oxygen atoms in total.